The maximum atomic E-state index is 12.7. The summed E-state index contributed by atoms with van der Waals surface area (Å²) in [5, 5.41) is 12.7. The zero-order valence-corrected chi connectivity index (χ0v) is 44.4. The van der Waals surface area contributed by atoms with Crippen LogP contribution in [0.4, 0.5) is 0 Å². The molecule has 8 rings (SSSR count). The Morgan fingerprint density at radius 2 is 1.27 bits per heavy atom. The molecule has 0 aliphatic rings. The molecule has 2 aromatic heterocycles. The third-order valence-electron chi connectivity index (χ3n) is 12.5. The van der Waals surface area contributed by atoms with E-state index in [2.05, 4.69) is 11.1 Å². The molecule has 0 fully saturated rings. The summed E-state index contributed by atoms with van der Waals surface area (Å²) < 4.78 is 186. The van der Waals surface area contributed by atoms with E-state index < -0.39 is 120 Å². The fourth-order valence-corrected chi connectivity index (χ4v) is 8.30. The first-order valence-corrected chi connectivity index (χ1v) is 23.1. The minimum Gasteiger partial charge on any atom is -0.507 e. The van der Waals surface area contributed by atoms with Crippen molar-refractivity contribution in [3.05, 3.63) is 166 Å². The van der Waals surface area contributed by atoms with Crippen LogP contribution in [0.15, 0.2) is 121 Å². The second-order valence-corrected chi connectivity index (χ2v) is 21.5. The van der Waals surface area contributed by atoms with Crippen LogP contribution in [0.2, 0.25) is 0 Å². The Morgan fingerprint density at radius 1 is 0.629 bits per heavy atom. The predicted octanol–water partition coefficient (Wildman–Crippen LogP) is 18.0. The Hall–Kier alpha value is -5.57. The average molecular weight is 1130 g/mol. The number of nitrogens with zero attached hydrogens (tertiary/aromatic N) is 3. The molecule has 2 heterocycles. The summed E-state index contributed by atoms with van der Waals surface area (Å²) in [6, 6.07) is 19.8. The van der Waals surface area contributed by atoms with Gasteiger partial charge in [0.2, 0.25) is 0 Å². The van der Waals surface area contributed by atoms with Gasteiger partial charge in [-0.2, -0.15) is 0 Å². The summed E-state index contributed by atoms with van der Waals surface area (Å²) in [5.74, 6) is -2.08. The molecule has 5 heteroatoms. The van der Waals surface area contributed by atoms with Crippen molar-refractivity contribution in [1.29, 1.82) is 0 Å². The van der Waals surface area contributed by atoms with Crippen LogP contribution in [-0.2, 0) is 42.7 Å². The molecular formula is C65H74N3OPt-. The topological polar surface area (TPSA) is 50.9 Å². The van der Waals surface area contributed by atoms with E-state index in [9.17, 15) is 13.3 Å². The number of aromatic hydroxyl groups is 1. The number of hydrogen-bond donors (Lipinski definition) is 1. The molecule has 366 valence electrons. The van der Waals surface area contributed by atoms with Crippen molar-refractivity contribution < 1.29 is 55.0 Å². The third-order valence-corrected chi connectivity index (χ3v) is 12.5. The molecule has 0 amide bonds. The van der Waals surface area contributed by atoms with Crippen molar-refractivity contribution in [2.75, 3.05) is 0 Å². The van der Waals surface area contributed by atoms with Crippen molar-refractivity contribution in [2.24, 2.45) is 0 Å². The second kappa shape index (κ2) is 19.2. The standard InChI is InChI=1S/C65H74N3O.Pt/c1-39(2)45-30-46(40(3)4)32-47(31-45)43-23-26-57(41(5)29-43)68-58-20-18-19-53(59(58)67-61(68)54-37-52(64(12,13)14)38-55(60(54)69)65(15,16)17)48-33-49(35-51(34-48)63(9,10)11)56-36-44(27-28-66-56)42-21-24-50(25-22-42)62(6,7)8;/h18-32,34-40,69H,1-17H3;/q-1;/i5D3,6D3,7D3,8D3,21D,22D,24D,25D,27D,28D,36D,39D,40D;. The van der Waals surface area contributed by atoms with E-state index in [1.807, 2.05) is 98.7 Å². The SMILES string of the molecule is [2H]c1nc(-c2[c-]c(-c3cccc4c3nc(-c3cc(C(C)(C)C)cc(C(C)(C)C)c3O)n4-c3ccc(-c4cc(C([2H])(C)C)cc(C([2H])(C)C)c4)cc3C([2H])([2H])[2H])cc(C(C)(C)C)c2)c([2H])c(-c2c([2H])c([2H])c(C(C([2H])([2H])[2H])(C([2H])([2H])[2H])C([2H])([2H])[2H])c([2H])c2[2H])c1[2H].[Pt]. The van der Waals surface area contributed by atoms with Gasteiger partial charge in [-0.1, -0.05) is 194 Å². The van der Waals surface area contributed by atoms with E-state index in [-0.39, 0.29) is 60.7 Å². The van der Waals surface area contributed by atoms with Crippen LogP contribution >= 0.6 is 0 Å². The molecule has 4 nitrogen and oxygen atoms in total. The summed E-state index contributed by atoms with van der Waals surface area (Å²) in [5.41, 5.74) is -2.79. The number of aromatic nitrogens is 3. The van der Waals surface area contributed by atoms with Crippen LogP contribution in [0.25, 0.3) is 72.7 Å². The molecule has 0 aliphatic heterocycles. The fourth-order valence-electron chi connectivity index (χ4n) is 8.30. The van der Waals surface area contributed by atoms with Crippen molar-refractivity contribution in [3.8, 4) is 67.5 Å². The van der Waals surface area contributed by atoms with Crippen LogP contribution in [0.1, 0.15) is 190 Å². The van der Waals surface area contributed by atoms with Crippen LogP contribution in [-0.4, -0.2) is 19.6 Å². The molecule has 0 unspecified atom stereocenters. The van der Waals surface area contributed by atoms with Gasteiger partial charge in [-0.3, -0.25) is 9.55 Å². The maximum Gasteiger partial charge on any atom is 0.148 e. The van der Waals surface area contributed by atoms with Gasteiger partial charge in [0.1, 0.15) is 11.6 Å². The van der Waals surface area contributed by atoms with E-state index in [0.717, 1.165) is 5.56 Å². The van der Waals surface area contributed by atoms with E-state index in [4.69, 9.17) is 25.5 Å². The Kier molecular flexibility index (Phi) is 8.51. The smallest absolute Gasteiger partial charge is 0.148 e. The molecule has 0 aliphatic carbocycles. The van der Waals surface area contributed by atoms with E-state index in [1.54, 1.807) is 74.7 Å². The number of imidazole rings is 1. The number of aryl methyl sites for hydroxylation is 1. The molecule has 0 saturated heterocycles. The van der Waals surface area contributed by atoms with E-state index in [0.29, 0.717) is 55.5 Å². The van der Waals surface area contributed by atoms with Gasteiger partial charge >= 0.3 is 0 Å². The molecule has 1 N–H and O–H groups in total. The van der Waals surface area contributed by atoms with Gasteiger partial charge < -0.3 is 5.11 Å². The van der Waals surface area contributed by atoms with Crippen LogP contribution in [0, 0.1) is 12.9 Å². The third kappa shape index (κ3) is 10.6. The number of rotatable bonds is 8. The van der Waals surface area contributed by atoms with Gasteiger partial charge in [0.05, 0.1) is 31.9 Å². The fraction of sp³-hybridized carbons (Fsp3) is 0.354. The molecule has 0 atom stereocenters. The number of benzene rings is 6. The molecular weight excluding hydrogens is 1030 g/mol. The quantitative estimate of drug-likeness (QED) is 0.154. The van der Waals surface area contributed by atoms with Gasteiger partial charge in [-0.15, -0.1) is 29.3 Å². The zero-order valence-electron chi connectivity index (χ0n) is 63.1. The first kappa shape index (κ1) is 31.0. The summed E-state index contributed by atoms with van der Waals surface area (Å²) >= 11 is 0. The van der Waals surface area contributed by atoms with Crippen LogP contribution in [0.3, 0.4) is 0 Å². The Bertz CT molecular complexity index is 4100. The van der Waals surface area contributed by atoms with Crippen molar-refractivity contribution >= 4 is 11.0 Å². The number of para-hydroxylation sites is 1. The average Bonchev–Trinajstić information content (AvgIpc) is 1.35. The zero-order chi connectivity index (χ0) is 68.1. The van der Waals surface area contributed by atoms with Gasteiger partial charge in [-0.05, 0) is 121 Å². The number of hydrogen-bond acceptors (Lipinski definition) is 3. The summed E-state index contributed by atoms with van der Waals surface area (Å²) in [4.78, 5) is 9.75. The van der Waals surface area contributed by atoms with Gasteiger partial charge in [-0.25, -0.2) is 4.98 Å². The Labute approximate surface area is 463 Å². The molecule has 8 aromatic rings. The molecule has 70 heavy (non-hydrogen) atoms. The van der Waals surface area contributed by atoms with Crippen molar-refractivity contribution in [3.63, 3.8) is 0 Å². The first-order chi connectivity index (χ1) is 40.7. The number of fused-ring (bicyclic) bond motifs is 1. The normalized spacial score (nSPS) is 17.9. The van der Waals surface area contributed by atoms with E-state index in [1.165, 1.54) is 0 Å². The molecule has 0 bridgehead atoms. The molecule has 0 radical (unpaired) electrons. The van der Waals surface area contributed by atoms with Crippen LogP contribution in [0.5, 0.6) is 5.75 Å². The minimum atomic E-state index is -3.97. The largest absolute Gasteiger partial charge is 0.507 e. The maximum absolute atomic E-state index is 12.7. The van der Waals surface area contributed by atoms with Gasteiger partial charge in [0.25, 0.3) is 0 Å². The summed E-state index contributed by atoms with van der Waals surface area (Å²) in [7, 11) is 0. The van der Waals surface area contributed by atoms with E-state index >= 15 is 0 Å². The molecule has 6 aromatic carbocycles. The second-order valence-electron chi connectivity index (χ2n) is 21.5. The predicted molar refractivity (Wildman–Crippen MR) is 294 cm³/mol. The Morgan fingerprint density at radius 3 is 1.87 bits per heavy atom. The van der Waals surface area contributed by atoms with Crippen LogP contribution < -0.4 is 0 Å². The Balaban J connectivity index is 0.0000118. The summed E-state index contributed by atoms with van der Waals surface area (Å²) in [6.07, 6.45) is -0.808. The molecule has 0 saturated carbocycles. The number of phenols is 1. The monoisotopic (exact) mass is 1130 g/mol. The van der Waals surface area contributed by atoms with Crippen molar-refractivity contribution in [1.82, 2.24) is 14.5 Å². The number of phenolic OH excluding ortho intramolecular Hbond substituents is 1. The minimum absolute atomic E-state index is 0. The van der Waals surface area contributed by atoms with Crippen molar-refractivity contribution in [2.45, 2.75) is 151 Å². The summed E-state index contributed by atoms with van der Waals surface area (Å²) in [6.45, 7) is 10.0. The first-order valence-electron chi connectivity index (χ1n) is 33.6. The van der Waals surface area contributed by atoms with Gasteiger partial charge in [0.15, 0.2) is 0 Å². The molecule has 0 spiro atoms. The van der Waals surface area contributed by atoms with Gasteiger partial charge in [0, 0.05) is 57.7 Å². The number of pyridine rings is 1.